The van der Waals surface area contributed by atoms with Crippen molar-refractivity contribution >= 4 is 47.4 Å². The Hall–Kier alpha value is -2.93. The van der Waals surface area contributed by atoms with Gasteiger partial charge in [-0.05, 0) is 0 Å². The van der Waals surface area contributed by atoms with Crippen molar-refractivity contribution < 1.29 is 57.2 Å². The lowest BCUT2D eigenvalue weighted by molar-refractivity contribution is -0.225. The number of nitrogens with one attached hydrogen (secondary N) is 1. The summed E-state index contributed by atoms with van der Waals surface area (Å²) in [6, 6.07) is -1.24. The normalized spacial score (nSPS) is 25.7. The average Bonchev–Trinajstić information content (AvgIpc) is 2.69. The van der Waals surface area contributed by atoms with Gasteiger partial charge in [0.1, 0.15) is 18.8 Å². The number of amides is 1. The molecular formula is C20H28ClNO12. The smallest absolute Gasteiger partial charge is 0.354 e. The van der Waals surface area contributed by atoms with E-state index in [0.717, 1.165) is 41.7 Å². The molecule has 0 aromatic carbocycles. The summed E-state index contributed by atoms with van der Waals surface area (Å²) in [5, 5.41) is 0.276. The second kappa shape index (κ2) is 12.5. The fraction of sp³-hybridized carbons (Fsp3) is 0.700. The third-order valence-corrected chi connectivity index (χ3v) is 4.88. The highest BCUT2D eigenvalue weighted by Gasteiger charge is 2.57. The van der Waals surface area contributed by atoms with E-state index in [2.05, 4.69) is 10.1 Å². The Labute approximate surface area is 200 Å². The van der Waals surface area contributed by atoms with Crippen LogP contribution >= 0.6 is 11.6 Å². The molecule has 1 amide bonds. The van der Waals surface area contributed by atoms with Crippen LogP contribution in [0.3, 0.4) is 0 Å². The highest BCUT2D eigenvalue weighted by molar-refractivity contribution is 6.32. The maximum atomic E-state index is 12.4. The quantitative estimate of drug-likeness (QED) is 0.246. The Morgan fingerprint density at radius 1 is 0.971 bits per heavy atom. The van der Waals surface area contributed by atoms with Gasteiger partial charge in [0.2, 0.25) is 11.0 Å². The maximum Gasteiger partial charge on any atom is 0.354 e. The molecule has 1 N–H and O–H groups in total. The number of ether oxygens (including phenoxy) is 6. The molecule has 1 rings (SSSR count). The minimum atomic E-state index is -2.24. The first-order chi connectivity index (χ1) is 15.7. The van der Waals surface area contributed by atoms with E-state index < -0.39 is 84.3 Å². The molecule has 1 aliphatic rings. The summed E-state index contributed by atoms with van der Waals surface area (Å²) in [6.45, 7) is 4.87. The van der Waals surface area contributed by atoms with E-state index in [1.165, 1.54) is 0 Å². The highest BCUT2D eigenvalue weighted by Crippen LogP contribution is 2.38. The van der Waals surface area contributed by atoms with E-state index in [9.17, 15) is 28.8 Å². The first-order valence-electron chi connectivity index (χ1n) is 10.1. The molecule has 0 aromatic rings. The van der Waals surface area contributed by atoms with Crippen LogP contribution in [0.25, 0.3) is 0 Å². The molecular weight excluding hydrogens is 482 g/mol. The largest absolute Gasteiger partial charge is 0.466 e. The Morgan fingerprint density at radius 3 is 2.00 bits per heavy atom. The summed E-state index contributed by atoms with van der Waals surface area (Å²) >= 11 is 6.38. The first kappa shape index (κ1) is 29.1. The summed E-state index contributed by atoms with van der Waals surface area (Å²) < 4.78 is 31.2. The summed E-state index contributed by atoms with van der Waals surface area (Å²) in [6.07, 6.45) is -6.29. The number of alkyl halides is 1. The van der Waals surface area contributed by atoms with Gasteiger partial charge in [-0.15, -0.1) is 0 Å². The van der Waals surface area contributed by atoms with Crippen LogP contribution in [-0.4, -0.2) is 85.0 Å². The molecule has 0 aromatic heterocycles. The van der Waals surface area contributed by atoms with Crippen LogP contribution in [-0.2, 0) is 57.2 Å². The highest BCUT2D eigenvalue weighted by atomic mass is 35.5. The number of esters is 5. The van der Waals surface area contributed by atoms with Crippen molar-refractivity contribution in [3.8, 4) is 0 Å². The van der Waals surface area contributed by atoms with Gasteiger partial charge in [-0.1, -0.05) is 11.6 Å². The van der Waals surface area contributed by atoms with Crippen molar-refractivity contribution in [1.82, 2.24) is 5.32 Å². The topological polar surface area (TPSA) is 170 Å². The maximum absolute atomic E-state index is 12.4. The van der Waals surface area contributed by atoms with Crippen molar-refractivity contribution in [3.63, 3.8) is 0 Å². The Balaban J connectivity index is 3.64. The zero-order valence-corrected chi connectivity index (χ0v) is 20.3. The van der Waals surface area contributed by atoms with Crippen molar-refractivity contribution in [1.29, 1.82) is 0 Å². The van der Waals surface area contributed by atoms with Crippen molar-refractivity contribution in [2.75, 3.05) is 13.7 Å². The zero-order chi connectivity index (χ0) is 26.2. The zero-order valence-electron chi connectivity index (χ0n) is 19.6. The number of methoxy groups -OCH3 is 1. The van der Waals surface area contributed by atoms with Gasteiger partial charge < -0.3 is 33.7 Å². The molecule has 1 aliphatic heterocycles. The van der Waals surface area contributed by atoms with Gasteiger partial charge in [-0.3, -0.25) is 24.0 Å². The van der Waals surface area contributed by atoms with Gasteiger partial charge in [0.15, 0.2) is 12.2 Å². The summed E-state index contributed by atoms with van der Waals surface area (Å²) in [5.74, 6) is -4.87. The molecule has 0 aliphatic carbocycles. The molecule has 192 valence electrons. The predicted octanol–water partition coefficient (Wildman–Crippen LogP) is -0.254. The van der Waals surface area contributed by atoms with Gasteiger partial charge in [-0.25, -0.2) is 4.79 Å². The summed E-state index contributed by atoms with van der Waals surface area (Å²) in [4.78, 5) is 71.2. The molecule has 1 fully saturated rings. The van der Waals surface area contributed by atoms with Crippen LogP contribution in [0.5, 0.6) is 0 Å². The van der Waals surface area contributed by atoms with Gasteiger partial charge >= 0.3 is 29.8 Å². The average molecular weight is 510 g/mol. The van der Waals surface area contributed by atoms with Crippen LogP contribution in [0.15, 0.2) is 0 Å². The standard InChI is InChI=1S/C20H28ClNO12/c1-9(23)22-16-14(31-11(3)25)7-20(21,19(28)29-6)34-18(16)17(33-13(5)27)15(32-12(4)26)8-30-10(2)24/h14-18H,7-8H2,1-6H3,(H,22,23)/t14?,15?,16?,17?,18?,20-/m0/s1. The number of halogens is 1. The molecule has 34 heavy (non-hydrogen) atoms. The fourth-order valence-corrected chi connectivity index (χ4v) is 3.71. The molecule has 13 nitrogen and oxygen atoms in total. The van der Waals surface area contributed by atoms with Crippen molar-refractivity contribution in [2.45, 2.75) is 76.6 Å². The van der Waals surface area contributed by atoms with Gasteiger partial charge in [0.05, 0.1) is 13.2 Å². The predicted molar refractivity (Wildman–Crippen MR) is 111 cm³/mol. The van der Waals surface area contributed by atoms with Gasteiger partial charge in [0.25, 0.3) is 0 Å². The molecule has 14 heteroatoms. The molecule has 1 heterocycles. The number of rotatable bonds is 9. The molecule has 5 unspecified atom stereocenters. The minimum absolute atomic E-state index is 0.447. The van der Waals surface area contributed by atoms with Crippen LogP contribution < -0.4 is 5.32 Å². The van der Waals surface area contributed by atoms with E-state index in [1.54, 1.807) is 0 Å². The van der Waals surface area contributed by atoms with Crippen LogP contribution in [0.2, 0.25) is 0 Å². The third kappa shape index (κ3) is 8.45. The molecule has 0 saturated carbocycles. The van der Waals surface area contributed by atoms with Crippen molar-refractivity contribution in [2.24, 2.45) is 0 Å². The molecule has 0 radical (unpaired) electrons. The molecule has 6 atom stereocenters. The third-order valence-electron chi connectivity index (χ3n) is 4.48. The SMILES string of the molecule is COC(=O)[C@]1(Cl)CC(OC(C)=O)C(NC(C)=O)C(C(OC(C)=O)C(COC(C)=O)OC(C)=O)O1. The van der Waals surface area contributed by atoms with Gasteiger partial charge in [-0.2, -0.15) is 0 Å². The van der Waals surface area contributed by atoms with Crippen LogP contribution in [0.4, 0.5) is 0 Å². The Morgan fingerprint density at radius 2 is 1.56 bits per heavy atom. The first-order valence-corrected chi connectivity index (χ1v) is 10.4. The van der Waals surface area contributed by atoms with E-state index in [-0.39, 0.29) is 0 Å². The van der Waals surface area contributed by atoms with E-state index in [0.29, 0.717) is 0 Å². The lowest BCUT2D eigenvalue weighted by atomic mass is 9.89. The number of hydrogen-bond donors (Lipinski definition) is 1. The van der Waals surface area contributed by atoms with Gasteiger partial charge in [0, 0.05) is 41.0 Å². The number of carbonyl (C=O) groups excluding carboxylic acids is 6. The van der Waals surface area contributed by atoms with E-state index >= 15 is 0 Å². The monoisotopic (exact) mass is 509 g/mol. The second-order valence-corrected chi connectivity index (χ2v) is 8.02. The number of carbonyl (C=O) groups is 6. The lowest BCUT2D eigenvalue weighted by Gasteiger charge is -2.46. The Bertz CT molecular complexity index is 817. The summed E-state index contributed by atoms with van der Waals surface area (Å²) in [7, 11) is 1.04. The van der Waals surface area contributed by atoms with Crippen LogP contribution in [0, 0.1) is 0 Å². The second-order valence-electron chi connectivity index (χ2n) is 7.41. The molecule has 0 bridgehead atoms. The van der Waals surface area contributed by atoms with Crippen molar-refractivity contribution in [3.05, 3.63) is 0 Å². The lowest BCUT2D eigenvalue weighted by Crippen LogP contribution is -2.67. The van der Waals surface area contributed by atoms with E-state index in [4.69, 9.17) is 35.3 Å². The fourth-order valence-electron chi connectivity index (χ4n) is 3.38. The van der Waals surface area contributed by atoms with Crippen LogP contribution in [0.1, 0.15) is 41.0 Å². The van der Waals surface area contributed by atoms with E-state index in [1.807, 2.05) is 0 Å². The molecule has 0 spiro atoms. The number of hydrogen-bond acceptors (Lipinski definition) is 12. The minimum Gasteiger partial charge on any atom is -0.466 e. The Kier molecular flexibility index (Phi) is 10.7. The summed E-state index contributed by atoms with van der Waals surface area (Å²) in [5.41, 5.74) is 0. The molecule has 1 saturated heterocycles.